The predicted octanol–water partition coefficient (Wildman–Crippen LogP) is 1.46. The van der Waals surface area contributed by atoms with Gasteiger partial charge in [0.25, 0.3) is 0 Å². The Kier molecular flexibility index (Phi) is 2.94. The van der Waals surface area contributed by atoms with Gasteiger partial charge in [0.15, 0.2) is 19.3 Å². The molecule has 1 saturated heterocycles. The van der Waals surface area contributed by atoms with Crippen molar-refractivity contribution < 1.29 is 9.31 Å². The van der Waals surface area contributed by atoms with Crippen molar-refractivity contribution in [1.82, 2.24) is 0 Å². The van der Waals surface area contributed by atoms with Gasteiger partial charge in [0.1, 0.15) is 13.2 Å². The zero-order chi connectivity index (χ0) is 9.80. The Morgan fingerprint density at radius 1 is 1.21 bits per heavy atom. The number of hydrogen-bond donors (Lipinski definition) is 0. The lowest BCUT2D eigenvalue weighted by Crippen LogP contribution is -2.29. The van der Waals surface area contributed by atoms with E-state index in [2.05, 4.69) is 42.0 Å². The molecule has 1 fully saturated rings. The first-order valence-corrected chi connectivity index (χ1v) is 5.08. The molecule has 0 amide bonds. The van der Waals surface area contributed by atoms with E-state index in [9.17, 15) is 0 Å². The molecule has 1 aliphatic heterocycles. The molecular weight excluding hydrogens is 174 g/mol. The van der Waals surface area contributed by atoms with E-state index in [0.717, 1.165) is 26.3 Å². The summed E-state index contributed by atoms with van der Waals surface area (Å²) in [4.78, 5) is 0. The minimum atomic E-state index is 0.850. The van der Waals surface area contributed by atoms with E-state index in [0.29, 0.717) is 0 Å². The molecule has 1 heterocycles. The van der Waals surface area contributed by atoms with E-state index in [4.69, 9.17) is 4.74 Å². The molecule has 0 atom stereocenters. The fourth-order valence-electron chi connectivity index (χ4n) is 1.63. The molecule has 0 spiro atoms. The molecule has 14 heavy (non-hydrogen) atoms. The monoisotopic (exact) mass is 190 g/mol. The Labute approximate surface area is 84.8 Å². The lowest BCUT2D eigenvalue weighted by Gasteiger charge is -2.10. The van der Waals surface area contributed by atoms with Crippen molar-refractivity contribution in [3.8, 4) is 0 Å². The molecule has 0 saturated carbocycles. The first-order valence-electron chi connectivity index (χ1n) is 5.08. The molecule has 0 aliphatic carbocycles. The smallest absolute Gasteiger partial charge is 0.171 e. The van der Waals surface area contributed by atoms with Gasteiger partial charge in [0.2, 0.25) is 0 Å². The van der Waals surface area contributed by atoms with Gasteiger partial charge in [-0.3, -0.25) is 0 Å². The number of aryl methyl sites for hydroxylation is 1. The summed E-state index contributed by atoms with van der Waals surface area (Å²) in [5, 5.41) is 0. The zero-order valence-corrected chi connectivity index (χ0v) is 8.57. The van der Waals surface area contributed by atoms with Crippen LogP contribution in [0.2, 0.25) is 0 Å². The van der Waals surface area contributed by atoms with Crippen LogP contribution in [-0.4, -0.2) is 37.1 Å². The van der Waals surface area contributed by atoms with Crippen molar-refractivity contribution >= 4 is 6.21 Å². The highest BCUT2D eigenvalue weighted by molar-refractivity contribution is 5.77. The Morgan fingerprint density at radius 3 is 2.64 bits per heavy atom. The summed E-state index contributed by atoms with van der Waals surface area (Å²) in [6.07, 6.45) is 2.23. The fourth-order valence-corrected chi connectivity index (χ4v) is 1.63. The molecule has 2 rings (SSSR count). The first-order chi connectivity index (χ1) is 6.86. The molecule has 74 valence electrons. The fraction of sp³-hybridized carbons (Fsp3) is 0.417. The number of hydrogen-bond acceptors (Lipinski definition) is 1. The van der Waals surface area contributed by atoms with Crippen molar-refractivity contribution in [2.75, 3.05) is 26.3 Å². The second-order valence-electron chi connectivity index (χ2n) is 3.63. The summed E-state index contributed by atoms with van der Waals surface area (Å²) in [7, 11) is 0. The van der Waals surface area contributed by atoms with Crippen molar-refractivity contribution in [2.45, 2.75) is 6.92 Å². The summed E-state index contributed by atoms with van der Waals surface area (Å²) in [6, 6.07) is 8.46. The van der Waals surface area contributed by atoms with E-state index in [-0.39, 0.29) is 0 Å². The Balaban J connectivity index is 2.19. The summed E-state index contributed by atoms with van der Waals surface area (Å²) in [5.41, 5.74) is 2.65. The highest BCUT2D eigenvalue weighted by atomic mass is 16.5. The van der Waals surface area contributed by atoms with Gasteiger partial charge in [0.05, 0.1) is 0 Å². The zero-order valence-electron chi connectivity index (χ0n) is 8.57. The highest BCUT2D eigenvalue weighted by Gasteiger charge is 2.10. The molecule has 1 aliphatic rings. The average Bonchev–Trinajstić information content (AvgIpc) is 2.23. The van der Waals surface area contributed by atoms with Crippen LogP contribution in [0.4, 0.5) is 0 Å². The van der Waals surface area contributed by atoms with E-state index in [1.807, 2.05) is 0 Å². The van der Waals surface area contributed by atoms with Gasteiger partial charge in [0, 0.05) is 5.56 Å². The third kappa shape index (κ3) is 2.20. The van der Waals surface area contributed by atoms with E-state index < -0.39 is 0 Å². The van der Waals surface area contributed by atoms with Crippen LogP contribution in [0.15, 0.2) is 24.3 Å². The van der Waals surface area contributed by atoms with Crippen LogP contribution in [0.1, 0.15) is 11.1 Å². The second kappa shape index (κ2) is 4.38. The van der Waals surface area contributed by atoms with Crippen LogP contribution in [0.3, 0.4) is 0 Å². The number of nitrogens with zero attached hydrogens (tertiary/aromatic N) is 1. The number of ether oxygens (including phenoxy) is 1. The number of morpholine rings is 1. The van der Waals surface area contributed by atoms with E-state index in [1.165, 1.54) is 11.1 Å². The predicted molar refractivity (Wildman–Crippen MR) is 57.2 cm³/mol. The summed E-state index contributed by atoms with van der Waals surface area (Å²) >= 11 is 0. The summed E-state index contributed by atoms with van der Waals surface area (Å²) < 4.78 is 7.63. The Morgan fingerprint density at radius 2 is 1.93 bits per heavy atom. The van der Waals surface area contributed by atoms with Crippen molar-refractivity contribution in [2.24, 2.45) is 0 Å². The van der Waals surface area contributed by atoms with Gasteiger partial charge in [-0.1, -0.05) is 18.2 Å². The molecule has 1 aromatic carbocycles. The van der Waals surface area contributed by atoms with Gasteiger partial charge in [-0.25, -0.2) is 4.58 Å². The van der Waals surface area contributed by atoms with Gasteiger partial charge in [-0.15, -0.1) is 0 Å². The summed E-state index contributed by atoms with van der Waals surface area (Å²) in [5.74, 6) is 0. The largest absolute Gasteiger partial charge is 0.368 e. The lowest BCUT2D eigenvalue weighted by molar-refractivity contribution is -0.544. The van der Waals surface area contributed by atoms with Crippen LogP contribution in [-0.2, 0) is 4.74 Å². The van der Waals surface area contributed by atoms with Gasteiger partial charge in [-0.05, 0) is 18.6 Å². The van der Waals surface area contributed by atoms with E-state index in [1.54, 1.807) is 0 Å². The lowest BCUT2D eigenvalue weighted by atomic mass is 10.1. The van der Waals surface area contributed by atoms with Crippen LogP contribution in [0.25, 0.3) is 0 Å². The highest BCUT2D eigenvalue weighted by Crippen LogP contribution is 2.04. The molecule has 0 unspecified atom stereocenters. The first kappa shape index (κ1) is 9.41. The van der Waals surface area contributed by atoms with Gasteiger partial charge < -0.3 is 4.74 Å². The number of benzene rings is 1. The SMILES string of the molecule is Cc1ccccc1C=[N+]1CCOCC1. The van der Waals surface area contributed by atoms with E-state index >= 15 is 0 Å². The van der Waals surface area contributed by atoms with Gasteiger partial charge in [-0.2, -0.15) is 0 Å². The van der Waals surface area contributed by atoms with Crippen LogP contribution >= 0.6 is 0 Å². The van der Waals surface area contributed by atoms with Crippen LogP contribution in [0, 0.1) is 6.92 Å². The normalized spacial score (nSPS) is 16.8. The maximum absolute atomic E-state index is 5.31. The molecule has 0 bridgehead atoms. The summed E-state index contributed by atoms with van der Waals surface area (Å²) in [6.45, 7) is 5.86. The number of rotatable bonds is 1. The third-order valence-corrected chi connectivity index (χ3v) is 2.56. The topological polar surface area (TPSA) is 12.2 Å². The molecule has 2 heteroatoms. The van der Waals surface area contributed by atoms with Crippen molar-refractivity contribution in [1.29, 1.82) is 0 Å². The molecule has 1 aromatic rings. The molecule has 0 aromatic heterocycles. The Bertz CT molecular complexity index is 336. The molecule has 2 nitrogen and oxygen atoms in total. The minimum Gasteiger partial charge on any atom is -0.368 e. The maximum Gasteiger partial charge on any atom is 0.171 e. The van der Waals surface area contributed by atoms with Crippen molar-refractivity contribution in [3.63, 3.8) is 0 Å². The average molecular weight is 190 g/mol. The molecule has 0 N–H and O–H groups in total. The second-order valence-corrected chi connectivity index (χ2v) is 3.63. The standard InChI is InChI=1S/C12H16NO/c1-11-4-2-3-5-12(11)10-13-6-8-14-9-7-13/h2-5,10H,6-9H2,1H3/q+1. The third-order valence-electron chi connectivity index (χ3n) is 2.56. The van der Waals surface area contributed by atoms with Crippen molar-refractivity contribution in [3.05, 3.63) is 35.4 Å². The molecule has 0 radical (unpaired) electrons. The quantitative estimate of drug-likeness (QED) is 0.611. The van der Waals surface area contributed by atoms with Crippen LogP contribution in [0.5, 0.6) is 0 Å². The van der Waals surface area contributed by atoms with Gasteiger partial charge >= 0.3 is 0 Å². The minimum absolute atomic E-state index is 0.850. The Hall–Kier alpha value is -1.15. The van der Waals surface area contributed by atoms with Crippen LogP contribution < -0.4 is 0 Å². The maximum atomic E-state index is 5.31. The molecular formula is C12H16NO+.